The van der Waals surface area contributed by atoms with Crippen molar-refractivity contribution in [1.29, 1.82) is 0 Å². The van der Waals surface area contributed by atoms with E-state index in [-0.39, 0.29) is 0 Å². The lowest BCUT2D eigenvalue weighted by molar-refractivity contribution is 0.269. The number of halogens is 1. The zero-order valence-corrected chi connectivity index (χ0v) is 8.53. The Morgan fingerprint density at radius 3 is 2.50 bits per heavy atom. The van der Waals surface area contributed by atoms with Gasteiger partial charge in [0, 0.05) is 4.57 Å². The van der Waals surface area contributed by atoms with Gasteiger partial charge in [-0.3, -0.25) is 0 Å². The van der Waals surface area contributed by atoms with Gasteiger partial charge in [0.25, 0.3) is 0 Å². The van der Waals surface area contributed by atoms with Gasteiger partial charge >= 0.3 is 8.25 Å². The number of alkyl halides is 1. The van der Waals surface area contributed by atoms with E-state index in [1.165, 1.54) is 0 Å². The highest BCUT2D eigenvalue weighted by Crippen LogP contribution is 2.32. The molecule has 3 nitrogen and oxygen atoms in total. The third kappa shape index (κ3) is 2.99. The monoisotopic (exact) mass is 249 g/mol. The Balaban J connectivity index is 2.65. The van der Waals surface area contributed by atoms with Gasteiger partial charge in [0.15, 0.2) is 5.01 Å². The van der Waals surface area contributed by atoms with Crippen LogP contribution in [0.2, 0.25) is 0 Å². The first-order valence-electron chi connectivity index (χ1n) is 3.22. The molecule has 0 aliphatic rings. The molecule has 0 saturated carbocycles. The maximum Gasteiger partial charge on any atom is 0.696 e. The third-order valence-electron chi connectivity index (χ3n) is 1.24. The summed E-state index contributed by atoms with van der Waals surface area (Å²) in [6, 6.07) is 9.13. The quantitative estimate of drug-likeness (QED) is 0.662. The molecule has 1 N–H and O–H groups in total. The summed E-state index contributed by atoms with van der Waals surface area (Å²) in [5.41, 5.74) is 0.815. The lowest BCUT2D eigenvalue weighted by Crippen LogP contribution is -1.88. The Bertz CT molecular complexity index is 265. The molecular weight excluding hydrogens is 243 g/mol. The molecule has 0 aromatic heterocycles. The van der Waals surface area contributed by atoms with Crippen molar-refractivity contribution < 1.29 is 14.0 Å². The summed E-state index contributed by atoms with van der Waals surface area (Å²) in [6.07, 6.45) is 0. The average Bonchev–Trinajstić information content (AvgIpc) is 2.05. The van der Waals surface area contributed by atoms with Crippen LogP contribution >= 0.6 is 24.2 Å². The normalized spacial score (nSPS) is 14.0. The number of hydrogen-bond acceptors (Lipinski definition) is 2. The fourth-order valence-electron chi connectivity index (χ4n) is 0.744. The van der Waals surface area contributed by atoms with Crippen molar-refractivity contribution in [3.05, 3.63) is 35.9 Å². The second-order valence-electron chi connectivity index (χ2n) is 2.07. The molecule has 0 radical (unpaired) electrons. The molecule has 2 unspecified atom stereocenters. The second kappa shape index (κ2) is 4.67. The highest BCUT2D eigenvalue weighted by Gasteiger charge is 2.21. The summed E-state index contributed by atoms with van der Waals surface area (Å²) < 4.78 is 14.9. The molecule has 1 aromatic rings. The SMILES string of the molecule is O=[P+](O)OC(Br)c1ccccc1. The standard InChI is InChI=1S/C7H6BrO3P/c8-7(11-12(9)10)6-4-2-1-3-5-6/h1-5,7H/p+1. The molecule has 0 fully saturated rings. The average molecular weight is 250 g/mol. The van der Waals surface area contributed by atoms with E-state index in [1.54, 1.807) is 12.1 Å². The van der Waals surface area contributed by atoms with Gasteiger partial charge in [0.05, 0.1) is 0 Å². The van der Waals surface area contributed by atoms with Crippen LogP contribution in [0.4, 0.5) is 0 Å². The Labute approximate surface area is 79.4 Å². The van der Waals surface area contributed by atoms with Crippen LogP contribution < -0.4 is 0 Å². The van der Waals surface area contributed by atoms with Crippen molar-refractivity contribution in [3.63, 3.8) is 0 Å². The summed E-state index contributed by atoms with van der Waals surface area (Å²) in [5.74, 6) is 0. The van der Waals surface area contributed by atoms with Gasteiger partial charge in [-0.2, -0.15) is 0 Å². The third-order valence-corrected chi connectivity index (χ3v) is 2.64. The fraction of sp³-hybridized carbons (Fsp3) is 0.143. The highest BCUT2D eigenvalue weighted by molar-refractivity contribution is 9.09. The smallest absolute Gasteiger partial charge is 0.133 e. The number of benzene rings is 1. The van der Waals surface area contributed by atoms with Crippen molar-refractivity contribution in [2.24, 2.45) is 0 Å². The summed E-state index contributed by atoms with van der Waals surface area (Å²) >= 11 is 3.12. The van der Waals surface area contributed by atoms with Crippen LogP contribution in [0.3, 0.4) is 0 Å². The van der Waals surface area contributed by atoms with Gasteiger partial charge in [-0.05, 0) is 21.5 Å². The Hall–Kier alpha value is -0.280. The number of rotatable bonds is 3. The molecule has 0 bridgehead atoms. The molecule has 1 rings (SSSR count). The molecule has 0 amide bonds. The van der Waals surface area contributed by atoms with E-state index in [1.807, 2.05) is 18.2 Å². The molecule has 0 aliphatic heterocycles. The van der Waals surface area contributed by atoms with Crippen LogP contribution in [0, 0.1) is 0 Å². The van der Waals surface area contributed by atoms with Gasteiger partial charge in [0.1, 0.15) is 0 Å². The Morgan fingerprint density at radius 2 is 2.00 bits per heavy atom. The van der Waals surface area contributed by atoms with Crippen LogP contribution in [0.1, 0.15) is 10.6 Å². The first-order valence-corrected chi connectivity index (χ1v) is 5.26. The van der Waals surface area contributed by atoms with Crippen molar-refractivity contribution in [2.45, 2.75) is 5.01 Å². The molecule has 64 valence electrons. The molecule has 12 heavy (non-hydrogen) atoms. The van der Waals surface area contributed by atoms with Crippen molar-refractivity contribution in [1.82, 2.24) is 0 Å². The van der Waals surface area contributed by atoms with Gasteiger partial charge in [-0.25, -0.2) is 0 Å². The van der Waals surface area contributed by atoms with E-state index in [9.17, 15) is 4.57 Å². The van der Waals surface area contributed by atoms with Crippen LogP contribution in [-0.2, 0) is 9.09 Å². The van der Waals surface area contributed by atoms with E-state index in [2.05, 4.69) is 20.5 Å². The van der Waals surface area contributed by atoms with Crippen LogP contribution in [-0.4, -0.2) is 4.89 Å². The molecule has 1 aromatic carbocycles. The van der Waals surface area contributed by atoms with E-state index in [4.69, 9.17) is 4.89 Å². The van der Waals surface area contributed by atoms with Crippen molar-refractivity contribution in [3.8, 4) is 0 Å². The Kier molecular flexibility index (Phi) is 3.82. The van der Waals surface area contributed by atoms with Gasteiger partial charge < -0.3 is 0 Å². The fourth-order valence-corrected chi connectivity index (χ4v) is 1.76. The van der Waals surface area contributed by atoms with E-state index < -0.39 is 13.3 Å². The molecule has 2 atom stereocenters. The summed E-state index contributed by atoms with van der Waals surface area (Å²) in [6.45, 7) is 0. The van der Waals surface area contributed by atoms with Crippen molar-refractivity contribution in [2.75, 3.05) is 0 Å². The molecule has 0 heterocycles. The first kappa shape index (κ1) is 9.81. The van der Waals surface area contributed by atoms with Gasteiger partial charge in [0.2, 0.25) is 0 Å². The molecule has 0 spiro atoms. The van der Waals surface area contributed by atoms with Crippen LogP contribution in [0.25, 0.3) is 0 Å². The van der Waals surface area contributed by atoms with Crippen molar-refractivity contribution >= 4 is 24.2 Å². The zero-order valence-electron chi connectivity index (χ0n) is 6.05. The lowest BCUT2D eigenvalue weighted by Gasteiger charge is -2.00. The maximum atomic E-state index is 10.3. The van der Waals surface area contributed by atoms with Gasteiger partial charge in [-0.1, -0.05) is 34.9 Å². The minimum Gasteiger partial charge on any atom is -0.133 e. The largest absolute Gasteiger partial charge is 0.696 e. The zero-order chi connectivity index (χ0) is 8.97. The van der Waals surface area contributed by atoms with E-state index in [0.29, 0.717) is 0 Å². The molecule has 0 saturated heterocycles. The Morgan fingerprint density at radius 1 is 1.42 bits per heavy atom. The first-order chi connectivity index (χ1) is 5.70. The van der Waals surface area contributed by atoms with E-state index >= 15 is 0 Å². The van der Waals surface area contributed by atoms with Gasteiger partial charge in [-0.15, -0.1) is 4.89 Å². The maximum absolute atomic E-state index is 10.3. The summed E-state index contributed by atoms with van der Waals surface area (Å²) in [4.78, 5) is 8.44. The van der Waals surface area contributed by atoms with Crippen LogP contribution in [0.15, 0.2) is 30.3 Å². The summed E-state index contributed by atoms with van der Waals surface area (Å²) in [7, 11) is -2.56. The topological polar surface area (TPSA) is 46.5 Å². The number of hydrogen-bond donors (Lipinski definition) is 1. The summed E-state index contributed by atoms with van der Waals surface area (Å²) in [5, 5.41) is -0.521. The molecular formula is C7H7BrO3P+. The van der Waals surface area contributed by atoms with Crippen LogP contribution in [0.5, 0.6) is 0 Å². The predicted molar refractivity (Wildman–Crippen MR) is 49.0 cm³/mol. The second-order valence-corrected chi connectivity index (χ2v) is 3.59. The minimum atomic E-state index is -2.56. The predicted octanol–water partition coefficient (Wildman–Crippen LogP) is 2.75. The lowest BCUT2D eigenvalue weighted by atomic mass is 10.2. The molecule has 5 heteroatoms. The van der Waals surface area contributed by atoms with E-state index in [0.717, 1.165) is 5.56 Å². The highest BCUT2D eigenvalue weighted by atomic mass is 79.9. The minimum absolute atomic E-state index is 0.521. The molecule has 0 aliphatic carbocycles.